The van der Waals surface area contributed by atoms with Crippen LogP contribution in [-0.4, -0.2) is 33.2 Å². The lowest BCUT2D eigenvalue weighted by atomic mass is 9.99. The van der Waals surface area contributed by atoms with Gasteiger partial charge in [0.1, 0.15) is 11.7 Å². The van der Waals surface area contributed by atoms with Crippen LogP contribution in [0, 0.1) is 6.92 Å². The molecule has 0 radical (unpaired) electrons. The SMILES string of the molecule is CC[C@@H]1CCCCN1C(=O)[C@@H](C)n1nc(C(F)F)c(Br)c1C. The van der Waals surface area contributed by atoms with Gasteiger partial charge in [-0.1, -0.05) is 6.92 Å². The molecule has 2 atom stereocenters. The van der Waals surface area contributed by atoms with E-state index in [1.807, 2.05) is 4.90 Å². The van der Waals surface area contributed by atoms with E-state index < -0.39 is 12.5 Å². The van der Waals surface area contributed by atoms with Crippen LogP contribution in [0.3, 0.4) is 0 Å². The third-order valence-electron chi connectivity index (χ3n) is 4.41. The topological polar surface area (TPSA) is 38.1 Å². The number of likely N-dealkylation sites (tertiary alicyclic amines) is 1. The Morgan fingerprint density at radius 1 is 1.45 bits per heavy atom. The van der Waals surface area contributed by atoms with Gasteiger partial charge in [0, 0.05) is 12.6 Å². The van der Waals surface area contributed by atoms with Gasteiger partial charge in [-0.3, -0.25) is 9.48 Å². The summed E-state index contributed by atoms with van der Waals surface area (Å²) in [4.78, 5) is 14.7. The normalized spacial score (nSPS) is 20.5. The first kappa shape index (κ1) is 17.4. The van der Waals surface area contributed by atoms with Crippen molar-refractivity contribution in [3.8, 4) is 0 Å². The van der Waals surface area contributed by atoms with E-state index in [9.17, 15) is 13.6 Å². The van der Waals surface area contributed by atoms with Gasteiger partial charge >= 0.3 is 0 Å². The summed E-state index contributed by atoms with van der Waals surface area (Å²) >= 11 is 3.15. The third-order valence-corrected chi connectivity index (χ3v) is 5.39. The van der Waals surface area contributed by atoms with E-state index in [-0.39, 0.29) is 22.1 Å². The van der Waals surface area contributed by atoms with Crippen molar-refractivity contribution in [2.75, 3.05) is 6.54 Å². The van der Waals surface area contributed by atoms with Gasteiger partial charge in [0.05, 0.1) is 10.2 Å². The first-order chi connectivity index (χ1) is 10.4. The molecule has 0 N–H and O–H groups in total. The molecule has 0 aromatic carbocycles. The summed E-state index contributed by atoms with van der Waals surface area (Å²) in [5.74, 6) is -0.0366. The monoisotopic (exact) mass is 377 g/mol. The van der Waals surface area contributed by atoms with E-state index >= 15 is 0 Å². The van der Waals surface area contributed by atoms with E-state index in [1.54, 1.807) is 13.8 Å². The fraction of sp³-hybridized carbons (Fsp3) is 0.733. The summed E-state index contributed by atoms with van der Waals surface area (Å²) in [6, 6.07) is -0.325. The number of halogens is 3. The Hall–Kier alpha value is -0.980. The van der Waals surface area contributed by atoms with Crippen molar-refractivity contribution in [2.45, 2.75) is 65.0 Å². The molecule has 1 aromatic heterocycles. The van der Waals surface area contributed by atoms with Gasteiger partial charge in [0.2, 0.25) is 5.91 Å². The lowest BCUT2D eigenvalue weighted by Gasteiger charge is -2.37. The van der Waals surface area contributed by atoms with Gasteiger partial charge in [-0.05, 0) is 55.5 Å². The summed E-state index contributed by atoms with van der Waals surface area (Å²) in [7, 11) is 0. The summed E-state index contributed by atoms with van der Waals surface area (Å²) in [5, 5.41) is 3.95. The summed E-state index contributed by atoms with van der Waals surface area (Å²) < 4.78 is 27.6. The number of rotatable bonds is 4. The van der Waals surface area contributed by atoms with Crippen molar-refractivity contribution in [3.63, 3.8) is 0 Å². The number of aromatic nitrogens is 2. The highest BCUT2D eigenvalue weighted by Crippen LogP contribution is 2.31. The molecule has 2 heterocycles. The van der Waals surface area contributed by atoms with Crippen LogP contribution in [0.5, 0.6) is 0 Å². The molecule has 0 saturated carbocycles. The summed E-state index contributed by atoms with van der Waals surface area (Å²) in [5.41, 5.74) is 0.254. The van der Waals surface area contributed by atoms with Crippen molar-refractivity contribution >= 4 is 21.8 Å². The Labute approximate surface area is 138 Å². The predicted octanol–water partition coefficient (Wildman–Crippen LogP) is 4.24. The smallest absolute Gasteiger partial charge is 0.283 e. The molecule has 0 bridgehead atoms. The van der Waals surface area contributed by atoms with Crippen LogP contribution < -0.4 is 0 Å². The third kappa shape index (κ3) is 3.19. The van der Waals surface area contributed by atoms with Gasteiger partial charge in [-0.2, -0.15) is 5.10 Å². The zero-order chi connectivity index (χ0) is 16.4. The lowest BCUT2D eigenvalue weighted by molar-refractivity contribution is -0.138. The molecular weight excluding hydrogens is 356 g/mol. The van der Waals surface area contributed by atoms with E-state index in [1.165, 1.54) is 4.68 Å². The van der Waals surface area contributed by atoms with Crippen LogP contribution in [-0.2, 0) is 4.79 Å². The highest BCUT2D eigenvalue weighted by Gasteiger charge is 2.32. The van der Waals surface area contributed by atoms with Crippen molar-refractivity contribution in [1.82, 2.24) is 14.7 Å². The maximum atomic E-state index is 13.0. The minimum Gasteiger partial charge on any atom is -0.338 e. The minimum absolute atomic E-state index is 0.0366. The molecule has 124 valence electrons. The van der Waals surface area contributed by atoms with Gasteiger partial charge in [-0.25, -0.2) is 8.78 Å². The minimum atomic E-state index is -2.66. The van der Waals surface area contributed by atoms with Gasteiger partial charge in [0.15, 0.2) is 0 Å². The van der Waals surface area contributed by atoms with E-state index in [2.05, 4.69) is 28.0 Å². The quantitative estimate of drug-likeness (QED) is 0.786. The molecule has 0 spiro atoms. The van der Waals surface area contributed by atoms with Crippen molar-refractivity contribution in [2.24, 2.45) is 0 Å². The number of hydrogen-bond acceptors (Lipinski definition) is 2. The highest BCUT2D eigenvalue weighted by atomic mass is 79.9. The molecule has 1 aliphatic rings. The molecule has 1 aromatic rings. The van der Waals surface area contributed by atoms with E-state index in [0.29, 0.717) is 5.69 Å². The molecule has 1 fully saturated rings. The Bertz CT molecular complexity index is 547. The van der Waals surface area contributed by atoms with Crippen LogP contribution in [0.15, 0.2) is 4.47 Å². The fourth-order valence-electron chi connectivity index (χ4n) is 3.10. The van der Waals surface area contributed by atoms with Crippen LogP contribution >= 0.6 is 15.9 Å². The molecule has 22 heavy (non-hydrogen) atoms. The van der Waals surface area contributed by atoms with E-state index in [4.69, 9.17) is 0 Å². The summed E-state index contributed by atoms with van der Waals surface area (Å²) in [6.45, 7) is 6.24. The van der Waals surface area contributed by atoms with E-state index in [0.717, 1.165) is 32.2 Å². The van der Waals surface area contributed by atoms with Crippen molar-refractivity contribution in [1.29, 1.82) is 0 Å². The highest BCUT2D eigenvalue weighted by molar-refractivity contribution is 9.10. The number of nitrogens with zero attached hydrogens (tertiary/aromatic N) is 3. The average molecular weight is 378 g/mol. The zero-order valence-electron chi connectivity index (χ0n) is 13.2. The molecule has 2 rings (SSSR count). The second-order valence-corrected chi connectivity index (χ2v) is 6.59. The summed E-state index contributed by atoms with van der Waals surface area (Å²) in [6.07, 6.45) is 1.41. The van der Waals surface area contributed by atoms with Crippen LogP contribution in [0.2, 0.25) is 0 Å². The number of piperidine rings is 1. The first-order valence-electron chi connectivity index (χ1n) is 7.71. The van der Waals surface area contributed by atoms with Crippen LogP contribution in [0.25, 0.3) is 0 Å². The Morgan fingerprint density at radius 2 is 2.14 bits per heavy atom. The fourth-order valence-corrected chi connectivity index (χ4v) is 3.53. The molecule has 1 amide bonds. The molecule has 1 aliphatic heterocycles. The van der Waals surface area contributed by atoms with Crippen molar-refractivity contribution < 1.29 is 13.6 Å². The molecule has 0 unspecified atom stereocenters. The number of alkyl halides is 2. The predicted molar refractivity (Wildman–Crippen MR) is 84.0 cm³/mol. The molecular formula is C15H22BrF2N3O. The largest absolute Gasteiger partial charge is 0.338 e. The maximum Gasteiger partial charge on any atom is 0.283 e. The molecule has 0 aliphatic carbocycles. The standard InChI is InChI=1S/C15H22BrF2N3O/c1-4-11-7-5-6-8-20(11)15(22)10(3)21-9(2)12(16)13(19-21)14(17)18/h10-11,14H,4-8H2,1-3H3/t10-,11-/m1/s1. The zero-order valence-corrected chi connectivity index (χ0v) is 14.7. The average Bonchev–Trinajstić information content (AvgIpc) is 2.82. The van der Waals surface area contributed by atoms with Crippen LogP contribution in [0.4, 0.5) is 8.78 Å². The number of amides is 1. The maximum absolute atomic E-state index is 13.0. The number of carbonyl (C=O) groups is 1. The lowest BCUT2D eigenvalue weighted by Crippen LogP contribution is -2.46. The molecule has 7 heteroatoms. The Balaban J connectivity index is 2.25. The first-order valence-corrected chi connectivity index (χ1v) is 8.50. The van der Waals surface area contributed by atoms with Gasteiger partial charge in [0.25, 0.3) is 6.43 Å². The number of carbonyl (C=O) groups excluding carboxylic acids is 1. The van der Waals surface area contributed by atoms with Gasteiger partial charge in [-0.15, -0.1) is 0 Å². The number of hydrogen-bond donors (Lipinski definition) is 0. The van der Waals surface area contributed by atoms with Crippen LogP contribution in [0.1, 0.15) is 63.4 Å². The molecule has 1 saturated heterocycles. The van der Waals surface area contributed by atoms with Gasteiger partial charge < -0.3 is 4.90 Å². The van der Waals surface area contributed by atoms with Crippen molar-refractivity contribution in [3.05, 3.63) is 15.9 Å². The Kier molecular flexibility index (Phi) is 5.58. The second kappa shape index (κ2) is 7.06. The molecule has 4 nitrogen and oxygen atoms in total. The Morgan fingerprint density at radius 3 is 2.68 bits per heavy atom. The second-order valence-electron chi connectivity index (χ2n) is 5.80.